The Morgan fingerprint density at radius 1 is 1.60 bits per heavy atom. The van der Waals surface area contributed by atoms with Crippen LogP contribution in [0.25, 0.3) is 0 Å². The molecule has 6 nitrogen and oxygen atoms in total. The Morgan fingerprint density at radius 2 is 2.27 bits per heavy atom. The van der Waals surface area contributed by atoms with Gasteiger partial charge in [0.2, 0.25) is 0 Å². The van der Waals surface area contributed by atoms with E-state index in [1.165, 1.54) is 10.9 Å². The molecule has 7 heteroatoms. The standard InChI is InChI=1S/C8H10N2O4S/c11-8(12)1-6-2-9-10(3-6)7-4-15(13,14)5-7/h2-3,7H,1,4-5H2,(H,11,12). The van der Waals surface area contributed by atoms with Crippen LogP contribution in [0.3, 0.4) is 0 Å². The second-order valence-corrected chi connectivity index (χ2v) is 5.78. The molecule has 0 aliphatic carbocycles. The Bertz CT molecular complexity index is 478. The maximum absolute atomic E-state index is 10.9. The maximum Gasteiger partial charge on any atom is 0.307 e. The fourth-order valence-corrected chi connectivity index (χ4v) is 2.91. The third-order valence-corrected chi connectivity index (χ3v) is 4.06. The Labute approximate surface area is 86.4 Å². The summed E-state index contributed by atoms with van der Waals surface area (Å²) >= 11 is 0. The quantitative estimate of drug-likeness (QED) is 0.754. The van der Waals surface area contributed by atoms with E-state index in [1.807, 2.05) is 0 Å². The van der Waals surface area contributed by atoms with Gasteiger partial charge < -0.3 is 5.11 Å². The third kappa shape index (κ3) is 2.17. The molecule has 1 saturated heterocycles. The Morgan fingerprint density at radius 3 is 2.80 bits per heavy atom. The van der Waals surface area contributed by atoms with Crippen LogP contribution in [0.2, 0.25) is 0 Å². The molecule has 0 unspecified atom stereocenters. The molecular formula is C8H10N2O4S. The second kappa shape index (κ2) is 3.34. The molecule has 1 aromatic rings. The van der Waals surface area contributed by atoms with Crippen molar-refractivity contribution >= 4 is 15.8 Å². The van der Waals surface area contributed by atoms with Crippen LogP contribution in [0.1, 0.15) is 11.6 Å². The molecule has 0 spiro atoms. The minimum atomic E-state index is -2.87. The summed E-state index contributed by atoms with van der Waals surface area (Å²) in [6.45, 7) is 0. The number of carboxylic acid groups (broad SMARTS) is 1. The van der Waals surface area contributed by atoms with Crippen molar-refractivity contribution in [2.24, 2.45) is 0 Å². The SMILES string of the molecule is O=C(O)Cc1cnn(C2CS(=O)(=O)C2)c1. The van der Waals surface area contributed by atoms with Crippen LogP contribution >= 0.6 is 0 Å². The molecule has 0 aromatic carbocycles. The summed E-state index contributed by atoms with van der Waals surface area (Å²) in [7, 11) is -2.87. The van der Waals surface area contributed by atoms with Crippen molar-refractivity contribution in [3.8, 4) is 0 Å². The van der Waals surface area contributed by atoms with Crippen molar-refractivity contribution in [3.63, 3.8) is 0 Å². The van der Waals surface area contributed by atoms with E-state index in [0.29, 0.717) is 5.56 Å². The predicted octanol–water partition coefficient (Wildman–Crippen LogP) is -0.520. The third-order valence-electron chi connectivity index (χ3n) is 2.28. The highest BCUT2D eigenvalue weighted by Crippen LogP contribution is 2.23. The highest BCUT2D eigenvalue weighted by atomic mass is 32.2. The summed E-state index contributed by atoms with van der Waals surface area (Å²) in [6.07, 6.45) is 2.96. The monoisotopic (exact) mass is 230 g/mol. The van der Waals surface area contributed by atoms with Crippen LogP contribution in [0.5, 0.6) is 0 Å². The van der Waals surface area contributed by atoms with Gasteiger partial charge in [0.1, 0.15) is 0 Å². The lowest BCUT2D eigenvalue weighted by Gasteiger charge is -2.25. The first-order valence-electron chi connectivity index (χ1n) is 4.41. The number of aliphatic carboxylic acids is 1. The van der Waals surface area contributed by atoms with Crippen molar-refractivity contribution in [2.45, 2.75) is 12.5 Å². The van der Waals surface area contributed by atoms with E-state index in [0.717, 1.165) is 0 Å². The number of nitrogens with zero attached hydrogens (tertiary/aromatic N) is 2. The number of rotatable bonds is 3. The molecule has 2 heterocycles. The fraction of sp³-hybridized carbons (Fsp3) is 0.500. The molecule has 15 heavy (non-hydrogen) atoms. The molecule has 0 radical (unpaired) electrons. The molecule has 0 atom stereocenters. The first kappa shape index (κ1) is 10.2. The first-order valence-corrected chi connectivity index (χ1v) is 6.24. The molecule has 0 bridgehead atoms. The van der Waals surface area contributed by atoms with Crippen LogP contribution in [-0.4, -0.2) is 40.8 Å². The van der Waals surface area contributed by atoms with Crippen LogP contribution in [0.4, 0.5) is 0 Å². The zero-order chi connectivity index (χ0) is 11.1. The fourth-order valence-electron chi connectivity index (χ4n) is 1.53. The summed E-state index contributed by atoms with van der Waals surface area (Å²) < 4.78 is 23.4. The van der Waals surface area contributed by atoms with Crippen molar-refractivity contribution in [3.05, 3.63) is 18.0 Å². The van der Waals surface area contributed by atoms with E-state index in [9.17, 15) is 13.2 Å². The smallest absolute Gasteiger partial charge is 0.307 e. The Balaban J connectivity index is 2.05. The van der Waals surface area contributed by atoms with E-state index in [1.54, 1.807) is 6.20 Å². The number of hydrogen-bond acceptors (Lipinski definition) is 4. The van der Waals surface area contributed by atoms with Crippen molar-refractivity contribution in [1.82, 2.24) is 9.78 Å². The van der Waals surface area contributed by atoms with Gasteiger partial charge in [-0.3, -0.25) is 9.48 Å². The Kier molecular flexibility index (Phi) is 2.26. The minimum absolute atomic E-state index is 0.0839. The average Bonchev–Trinajstić information content (AvgIpc) is 2.47. The van der Waals surface area contributed by atoms with E-state index in [4.69, 9.17) is 5.11 Å². The van der Waals surface area contributed by atoms with Gasteiger partial charge in [-0.15, -0.1) is 0 Å². The number of aromatic nitrogens is 2. The van der Waals surface area contributed by atoms with Crippen molar-refractivity contribution in [1.29, 1.82) is 0 Å². The molecule has 2 rings (SSSR count). The summed E-state index contributed by atoms with van der Waals surface area (Å²) in [4.78, 5) is 10.4. The molecule has 1 aliphatic rings. The number of sulfone groups is 1. The van der Waals surface area contributed by atoms with Gasteiger partial charge in [0, 0.05) is 11.8 Å². The van der Waals surface area contributed by atoms with Gasteiger partial charge >= 0.3 is 5.97 Å². The maximum atomic E-state index is 10.9. The van der Waals surface area contributed by atoms with Crippen LogP contribution < -0.4 is 0 Å². The lowest BCUT2D eigenvalue weighted by Crippen LogP contribution is -2.38. The molecular weight excluding hydrogens is 220 g/mol. The summed E-state index contributed by atoms with van der Waals surface area (Å²) in [5.74, 6) is -0.724. The lowest BCUT2D eigenvalue weighted by molar-refractivity contribution is -0.136. The van der Waals surface area contributed by atoms with Crippen molar-refractivity contribution in [2.75, 3.05) is 11.5 Å². The molecule has 0 amide bonds. The molecule has 1 N–H and O–H groups in total. The molecule has 1 fully saturated rings. The predicted molar refractivity (Wildman–Crippen MR) is 51.3 cm³/mol. The Hall–Kier alpha value is -1.37. The topological polar surface area (TPSA) is 89.3 Å². The summed E-state index contributed by atoms with van der Waals surface area (Å²) in [6, 6.07) is -0.127. The van der Waals surface area contributed by atoms with E-state index in [-0.39, 0.29) is 24.0 Å². The van der Waals surface area contributed by atoms with Gasteiger partial charge in [0.15, 0.2) is 9.84 Å². The molecule has 1 aromatic heterocycles. The van der Waals surface area contributed by atoms with Gasteiger partial charge in [0.05, 0.1) is 30.2 Å². The highest BCUT2D eigenvalue weighted by Gasteiger charge is 2.35. The van der Waals surface area contributed by atoms with Crippen LogP contribution in [0, 0.1) is 0 Å². The van der Waals surface area contributed by atoms with Crippen molar-refractivity contribution < 1.29 is 18.3 Å². The number of carbonyl (C=O) groups is 1. The van der Waals surface area contributed by atoms with Gasteiger partial charge in [-0.2, -0.15) is 5.10 Å². The second-order valence-electron chi connectivity index (χ2n) is 3.63. The largest absolute Gasteiger partial charge is 0.481 e. The number of carboxylic acids is 1. The highest BCUT2D eigenvalue weighted by molar-refractivity contribution is 7.92. The van der Waals surface area contributed by atoms with Crippen LogP contribution in [0.15, 0.2) is 12.4 Å². The zero-order valence-corrected chi connectivity index (χ0v) is 8.64. The number of hydrogen-bond donors (Lipinski definition) is 1. The average molecular weight is 230 g/mol. The van der Waals surface area contributed by atoms with Gasteiger partial charge in [-0.25, -0.2) is 8.42 Å². The minimum Gasteiger partial charge on any atom is -0.481 e. The molecule has 0 saturated carbocycles. The normalized spacial score (nSPS) is 19.7. The molecule has 82 valence electrons. The van der Waals surface area contributed by atoms with E-state index < -0.39 is 15.8 Å². The van der Waals surface area contributed by atoms with Gasteiger partial charge in [-0.05, 0) is 0 Å². The van der Waals surface area contributed by atoms with E-state index >= 15 is 0 Å². The van der Waals surface area contributed by atoms with Crippen LogP contribution in [-0.2, 0) is 21.1 Å². The summed E-state index contributed by atoms with van der Waals surface area (Å²) in [5.41, 5.74) is 0.590. The summed E-state index contributed by atoms with van der Waals surface area (Å²) in [5, 5.41) is 12.5. The zero-order valence-electron chi connectivity index (χ0n) is 7.83. The van der Waals surface area contributed by atoms with E-state index in [2.05, 4.69) is 5.10 Å². The van der Waals surface area contributed by atoms with Gasteiger partial charge in [0.25, 0.3) is 0 Å². The lowest BCUT2D eigenvalue weighted by atomic mass is 10.2. The van der Waals surface area contributed by atoms with Gasteiger partial charge in [-0.1, -0.05) is 0 Å². The molecule has 1 aliphatic heterocycles. The first-order chi connectivity index (χ1) is 6.96.